The zero-order valence-corrected chi connectivity index (χ0v) is 12.9. The molecule has 112 valence electrons. The molecule has 0 spiro atoms. The van der Waals surface area contributed by atoms with E-state index in [1.807, 2.05) is 19.1 Å². The minimum Gasteiger partial charge on any atom is -0.280 e. The Hall–Kier alpha value is -1.88. The van der Waals surface area contributed by atoms with Crippen LogP contribution >= 0.6 is 0 Å². The molecular formula is C16H18FNO2S. The maximum atomic E-state index is 12.9. The lowest BCUT2D eigenvalue weighted by molar-refractivity contribution is 0.599. The molecule has 3 nitrogen and oxygen atoms in total. The minimum absolute atomic E-state index is 0.0409. The molecule has 1 N–H and O–H groups in total. The zero-order valence-electron chi connectivity index (χ0n) is 12.1. The summed E-state index contributed by atoms with van der Waals surface area (Å²) in [5.41, 5.74) is 2.77. The van der Waals surface area contributed by atoms with Crippen molar-refractivity contribution in [2.45, 2.75) is 31.6 Å². The third-order valence-electron chi connectivity index (χ3n) is 3.24. The lowest BCUT2D eigenvalue weighted by Crippen LogP contribution is -2.13. The molecule has 0 amide bonds. The summed E-state index contributed by atoms with van der Waals surface area (Å²) in [6.45, 7) is 4.06. The number of anilines is 1. The number of hydrogen-bond acceptors (Lipinski definition) is 2. The molecule has 0 aromatic heterocycles. The fraction of sp³-hybridized carbons (Fsp3) is 0.250. The van der Waals surface area contributed by atoms with Crippen LogP contribution in [0.4, 0.5) is 10.1 Å². The average Bonchev–Trinajstić information content (AvgIpc) is 2.42. The van der Waals surface area contributed by atoms with Crippen LogP contribution in [0.3, 0.4) is 0 Å². The van der Waals surface area contributed by atoms with E-state index in [1.165, 1.54) is 17.7 Å². The average molecular weight is 307 g/mol. The molecule has 0 atom stereocenters. The number of benzene rings is 2. The third kappa shape index (κ3) is 3.82. The Morgan fingerprint density at radius 1 is 1.10 bits per heavy atom. The van der Waals surface area contributed by atoms with Gasteiger partial charge in [0.15, 0.2) is 0 Å². The van der Waals surface area contributed by atoms with Gasteiger partial charge in [-0.25, -0.2) is 12.8 Å². The smallest absolute Gasteiger partial charge is 0.261 e. The van der Waals surface area contributed by atoms with Crippen molar-refractivity contribution in [3.8, 4) is 0 Å². The summed E-state index contributed by atoms with van der Waals surface area (Å²) in [7, 11) is -3.69. The third-order valence-corrected chi connectivity index (χ3v) is 4.64. The van der Waals surface area contributed by atoms with Crippen LogP contribution in [-0.4, -0.2) is 8.42 Å². The van der Waals surface area contributed by atoms with Crippen molar-refractivity contribution < 1.29 is 12.8 Å². The number of hydrogen-bond donors (Lipinski definition) is 1. The molecule has 0 aliphatic carbocycles. The van der Waals surface area contributed by atoms with Gasteiger partial charge in [-0.1, -0.05) is 19.4 Å². The van der Waals surface area contributed by atoms with Crippen molar-refractivity contribution in [3.05, 3.63) is 59.4 Å². The summed E-state index contributed by atoms with van der Waals surface area (Å²) in [6.07, 6.45) is 2.01. The van der Waals surface area contributed by atoms with Crippen LogP contribution < -0.4 is 4.72 Å². The monoisotopic (exact) mass is 307 g/mol. The lowest BCUT2D eigenvalue weighted by atomic mass is 10.0. The van der Waals surface area contributed by atoms with E-state index >= 15 is 0 Å². The molecule has 0 saturated heterocycles. The second kappa shape index (κ2) is 6.26. The molecule has 21 heavy (non-hydrogen) atoms. The topological polar surface area (TPSA) is 46.2 Å². The quantitative estimate of drug-likeness (QED) is 0.911. The molecule has 0 aliphatic rings. The van der Waals surface area contributed by atoms with E-state index in [0.29, 0.717) is 5.69 Å². The van der Waals surface area contributed by atoms with Gasteiger partial charge in [0, 0.05) is 5.69 Å². The largest absolute Gasteiger partial charge is 0.280 e. The van der Waals surface area contributed by atoms with Gasteiger partial charge >= 0.3 is 0 Å². The molecule has 2 aromatic rings. The van der Waals surface area contributed by atoms with E-state index < -0.39 is 15.8 Å². The summed E-state index contributed by atoms with van der Waals surface area (Å²) >= 11 is 0. The zero-order chi connectivity index (χ0) is 15.5. The maximum Gasteiger partial charge on any atom is 0.261 e. The van der Waals surface area contributed by atoms with Gasteiger partial charge in [0.2, 0.25) is 0 Å². The number of aryl methyl sites for hydroxylation is 2. The van der Waals surface area contributed by atoms with Gasteiger partial charge in [-0.2, -0.15) is 0 Å². The van der Waals surface area contributed by atoms with Gasteiger partial charge in [-0.15, -0.1) is 0 Å². The van der Waals surface area contributed by atoms with E-state index in [9.17, 15) is 12.8 Å². The lowest BCUT2D eigenvalue weighted by Gasteiger charge is -2.11. The minimum atomic E-state index is -3.69. The van der Waals surface area contributed by atoms with Crippen LogP contribution in [0.1, 0.15) is 24.5 Å². The molecule has 0 saturated carbocycles. The molecule has 5 heteroatoms. The van der Waals surface area contributed by atoms with Crippen molar-refractivity contribution in [1.29, 1.82) is 0 Å². The van der Waals surface area contributed by atoms with E-state index in [-0.39, 0.29) is 4.90 Å². The second-order valence-corrected chi connectivity index (χ2v) is 6.63. The van der Waals surface area contributed by atoms with Crippen LogP contribution in [0.25, 0.3) is 0 Å². The van der Waals surface area contributed by atoms with Crippen molar-refractivity contribution in [2.24, 2.45) is 0 Å². The Balaban J connectivity index is 2.24. The van der Waals surface area contributed by atoms with E-state index in [4.69, 9.17) is 0 Å². The standard InChI is InChI=1S/C16H18FNO2S/c1-3-4-13-5-8-15(11-12(13)2)18-21(19,20)16-9-6-14(17)7-10-16/h5-11,18H,3-4H2,1-2H3. The summed E-state index contributed by atoms with van der Waals surface area (Å²) in [5.74, 6) is -0.464. The normalized spacial score (nSPS) is 11.4. The van der Waals surface area contributed by atoms with E-state index in [1.54, 1.807) is 6.07 Å². The van der Waals surface area contributed by atoms with Crippen molar-refractivity contribution in [3.63, 3.8) is 0 Å². The van der Waals surface area contributed by atoms with Gasteiger partial charge in [0.25, 0.3) is 10.0 Å². The fourth-order valence-corrected chi connectivity index (χ4v) is 3.19. The molecular weight excluding hydrogens is 289 g/mol. The van der Waals surface area contributed by atoms with Crippen LogP contribution in [0.5, 0.6) is 0 Å². The maximum absolute atomic E-state index is 12.9. The van der Waals surface area contributed by atoms with Crippen LogP contribution in [0.15, 0.2) is 47.4 Å². The van der Waals surface area contributed by atoms with Gasteiger partial charge in [0.1, 0.15) is 5.82 Å². The number of sulfonamides is 1. The summed E-state index contributed by atoms with van der Waals surface area (Å²) < 4.78 is 39.8. The van der Waals surface area contributed by atoms with Crippen LogP contribution in [0.2, 0.25) is 0 Å². The van der Waals surface area contributed by atoms with Crippen molar-refractivity contribution in [1.82, 2.24) is 0 Å². The molecule has 0 fully saturated rings. The summed E-state index contributed by atoms with van der Waals surface area (Å²) in [4.78, 5) is 0.0409. The Morgan fingerprint density at radius 3 is 2.33 bits per heavy atom. The van der Waals surface area contributed by atoms with Gasteiger partial charge in [-0.05, 0) is 60.9 Å². The first-order valence-corrected chi connectivity index (χ1v) is 8.28. The molecule has 2 aromatic carbocycles. The van der Waals surface area contributed by atoms with Gasteiger partial charge in [-0.3, -0.25) is 4.72 Å². The molecule has 0 radical (unpaired) electrons. The highest BCUT2D eigenvalue weighted by Crippen LogP contribution is 2.20. The predicted molar refractivity (Wildman–Crippen MR) is 82.4 cm³/mol. The summed E-state index contributed by atoms with van der Waals surface area (Å²) in [5, 5.41) is 0. The predicted octanol–water partition coefficient (Wildman–Crippen LogP) is 3.89. The Labute approximate surface area is 124 Å². The summed E-state index contributed by atoms with van der Waals surface area (Å²) in [6, 6.07) is 10.2. The van der Waals surface area contributed by atoms with Gasteiger partial charge in [0.05, 0.1) is 4.90 Å². The van der Waals surface area contributed by atoms with Crippen LogP contribution in [-0.2, 0) is 16.4 Å². The van der Waals surface area contributed by atoms with Crippen LogP contribution in [0, 0.1) is 12.7 Å². The molecule has 0 aliphatic heterocycles. The highest BCUT2D eigenvalue weighted by atomic mass is 32.2. The molecule has 0 bridgehead atoms. The number of rotatable bonds is 5. The Bertz CT molecular complexity index is 724. The first kappa shape index (κ1) is 15.5. The Kier molecular flexibility index (Phi) is 4.63. The Morgan fingerprint density at radius 2 is 1.76 bits per heavy atom. The van der Waals surface area contributed by atoms with Gasteiger partial charge < -0.3 is 0 Å². The number of nitrogens with one attached hydrogen (secondary N) is 1. The second-order valence-electron chi connectivity index (χ2n) is 4.95. The first-order valence-electron chi connectivity index (χ1n) is 6.80. The molecule has 0 heterocycles. The van der Waals surface area contributed by atoms with E-state index in [0.717, 1.165) is 30.5 Å². The van der Waals surface area contributed by atoms with Crippen molar-refractivity contribution >= 4 is 15.7 Å². The highest BCUT2D eigenvalue weighted by Gasteiger charge is 2.14. The van der Waals surface area contributed by atoms with Crippen molar-refractivity contribution in [2.75, 3.05) is 4.72 Å². The number of halogens is 1. The van der Waals surface area contributed by atoms with E-state index in [2.05, 4.69) is 11.6 Å². The SMILES string of the molecule is CCCc1ccc(NS(=O)(=O)c2ccc(F)cc2)cc1C. The highest BCUT2D eigenvalue weighted by molar-refractivity contribution is 7.92. The molecule has 2 rings (SSSR count). The molecule has 0 unspecified atom stereocenters. The first-order chi connectivity index (χ1) is 9.92. The fourth-order valence-electron chi connectivity index (χ4n) is 2.14.